The van der Waals surface area contributed by atoms with E-state index in [9.17, 15) is 22.4 Å². The lowest BCUT2D eigenvalue weighted by Gasteiger charge is -2.05. The van der Waals surface area contributed by atoms with Crippen LogP contribution in [0.1, 0.15) is 24.2 Å². The molecule has 0 unspecified atom stereocenters. The van der Waals surface area contributed by atoms with Crippen LogP contribution in [-0.2, 0) is 9.84 Å². The summed E-state index contributed by atoms with van der Waals surface area (Å²) in [6.45, 7) is 3.64. The first-order valence-corrected chi connectivity index (χ1v) is 10.2. The third-order valence-electron chi connectivity index (χ3n) is 2.92. The van der Waals surface area contributed by atoms with Gasteiger partial charge in [0.2, 0.25) is 9.84 Å². The molecule has 0 bridgehead atoms. The summed E-state index contributed by atoms with van der Waals surface area (Å²) in [4.78, 5) is 23.3. The largest absolute Gasteiger partial charge is 0.366 e. The number of rotatable bonds is 5. The molecule has 1 heterocycles. The van der Waals surface area contributed by atoms with Crippen LogP contribution in [0, 0.1) is 5.82 Å². The summed E-state index contributed by atoms with van der Waals surface area (Å²) < 4.78 is 38.1. The lowest BCUT2D eigenvalue weighted by Crippen LogP contribution is -2.14. The zero-order valence-electron chi connectivity index (χ0n) is 13.3. The van der Waals surface area contributed by atoms with Crippen molar-refractivity contribution in [1.82, 2.24) is 0 Å². The van der Waals surface area contributed by atoms with Gasteiger partial charge in [-0.15, -0.1) is 11.3 Å². The number of hydrogen-bond acceptors (Lipinski definition) is 6. The molecule has 0 aliphatic rings. The number of benzene rings is 1. The quantitative estimate of drug-likeness (QED) is 0.745. The predicted octanol–water partition coefficient (Wildman–Crippen LogP) is 3.49. The summed E-state index contributed by atoms with van der Waals surface area (Å²) in [6, 6.07) is 5.42. The number of halogens is 1. The maximum atomic E-state index is 13.0. The molecule has 3 N–H and O–H groups in total. The van der Waals surface area contributed by atoms with Crippen molar-refractivity contribution in [2.75, 3.05) is 5.32 Å². The van der Waals surface area contributed by atoms with Crippen molar-refractivity contribution in [1.29, 1.82) is 0 Å². The van der Waals surface area contributed by atoms with Crippen LogP contribution in [-0.4, -0.2) is 24.8 Å². The minimum absolute atomic E-state index is 0.0133. The number of carbonyl (C=O) groups is 2. The maximum Gasteiger partial charge on any atom is 0.284 e. The Bertz CT molecular complexity index is 905. The predicted molar refractivity (Wildman–Crippen MR) is 96.4 cm³/mol. The van der Waals surface area contributed by atoms with Crippen molar-refractivity contribution in [3.8, 4) is 0 Å². The highest BCUT2D eigenvalue weighted by Crippen LogP contribution is 2.35. The Morgan fingerprint density at radius 3 is 2.36 bits per heavy atom. The van der Waals surface area contributed by atoms with E-state index >= 15 is 0 Å². The molecule has 0 spiro atoms. The van der Waals surface area contributed by atoms with Gasteiger partial charge in [-0.1, -0.05) is 25.6 Å². The van der Waals surface area contributed by atoms with Gasteiger partial charge in [-0.3, -0.25) is 9.59 Å². The Morgan fingerprint density at radius 1 is 1.24 bits per heavy atom. The van der Waals surface area contributed by atoms with Gasteiger partial charge in [0.05, 0.1) is 10.5 Å². The molecule has 0 saturated heterocycles. The van der Waals surface area contributed by atoms with Gasteiger partial charge in [-0.25, -0.2) is 12.8 Å². The molecule has 2 amide bonds. The van der Waals surface area contributed by atoms with Crippen LogP contribution >= 0.6 is 23.1 Å². The van der Waals surface area contributed by atoms with Crippen LogP contribution in [0.3, 0.4) is 0 Å². The number of sulfone groups is 1. The second-order valence-corrected chi connectivity index (χ2v) is 9.99. The minimum atomic E-state index is -3.96. The van der Waals surface area contributed by atoms with Crippen LogP contribution in [0.4, 0.5) is 14.2 Å². The van der Waals surface area contributed by atoms with Crippen LogP contribution in [0.25, 0.3) is 0 Å². The maximum absolute atomic E-state index is 13.0. The second-order valence-electron chi connectivity index (χ2n) is 5.21. The first-order chi connectivity index (χ1) is 11.6. The molecule has 0 saturated carbocycles. The van der Waals surface area contributed by atoms with E-state index in [1.807, 2.05) is 13.8 Å². The van der Waals surface area contributed by atoms with Gasteiger partial charge in [0, 0.05) is 5.25 Å². The Hall–Kier alpha value is -1.91. The smallest absolute Gasteiger partial charge is 0.284 e. The van der Waals surface area contributed by atoms with Crippen molar-refractivity contribution >= 4 is 49.1 Å². The van der Waals surface area contributed by atoms with Crippen LogP contribution in [0.15, 0.2) is 39.4 Å². The molecule has 2 aromatic rings. The summed E-state index contributed by atoms with van der Waals surface area (Å²) in [5.41, 5.74) is 5.18. The van der Waals surface area contributed by atoms with E-state index in [1.165, 1.54) is 0 Å². The first kappa shape index (κ1) is 19.4. The molecule has 0 aliphatic carbocycles. The van der Waals surface area contributed by atoms with E-state index in [0.717, 1.165) is 53.4 Å². The fourth-order valence-corrected chi connectivity index (χ4v) is 5.26. The number of anilines is 1. The Balaban J connectivity index is 2.42. The van der Waals surface area contributed by atoms with Gasteiger partial charge >= 0.3 is 0 Å². The fraction of sp³-hybridized carbons (Fsp3) is 0.200. The number of thioether (sulfide) groups is 1. The number of thiophene rings is 1. The molecular weight excluding hydrogens is 387 g/mol. The molecule has 0 fully saturated rings. The SMILES string of the molecule is CC(C)SC(=O)Nc1sc(S(=O)(=O)c2ccc(F)cc2)cc1C(N)=O. The van der Waals surface area contributed by atoms with Crippen molar-refractivity contribution in [2.45, 2.75) is 28.2 Å². The van der Waals surface area contributed by atoms with Crippen LogP contribution in [0.2, 0.25) is 0 Å². The average molecular weight is 402 g/mol. The van der Waals surface area contributed by atoms with Crippen molar-refractivity contribution in [3.63, 3.8) is 0 Å². The molecule has 10 heteroatoms. The first-order valence-electron chi connectivity index (χ1n) is 7.03. The standard InChI is InChI=1S/C15H15FN2O4S3/c1-8(2)23-15(20)18-14-11(13(17)19)7-12(24-14)25(21,22)10-5-3-9(16)4-6-10/h3-8H,1-2H3,(H2,17,19)(H,18,20). The zero-order valence-corrected chi connectivity index (χ0v) is 15.7. The highest BCUT2D eigenvalue weighted by molar-refractivity contribution is 8.14. The minimum Gasteiger partial charge on any atom is -0.366 e. The molecule has 134 valence electrons. The van der Waals surface area contributed by atoms with E-state index in [-0.39, 0.29) is 24.9 Å². The molecule has 0 radical (unpaired) electrons. The number of nitrogens with two attached hydrogens (primary N) is 1. The molecule has 1 aromatic heterocycles. The van der Waals surface area contributed by atoms with E-state index in [2.05, 4.69) is 5.32 Å². The molecular formula is C15H15FN2O4S3. The lowest BCUT2D eigenvalue weighted by molar-refractivity contribution is 0.100. The van der Waals surface area contributed by atoms with Crippen molar-refractivity contribution < 1.29 is 22.4 Å². The Labute approximate surface area is 152 Å². The molecule has 0 atom stereocenters. The van der Waals surface area contributed by atoms with E-state index in [1.54, 1.807) is 0 Å². The normalized spacial score (nSPS) is 11.5. The van der Waals surface area contributed by atoms with Gasteiger partial charge in [0.25, 0.3) is 11.1 Å². The van der Waals surface area contributed by atoms with Crippen molar-refractivity contribution in [2.24, 2.45) is 5.73 Å². The van der Waals surface area contributed by atoms with E-state index < -0.39 is 26.8 Å². The third-order valence-corrected chi connectivity index (χ3v) is 7.00. The van der Waals surface area contributed by atoms with Crippen LogP contribution in [0.5, 0.6) is 0 Å². The molecule has 0 aliphatic heterocycles. The van der Waals surface area contributed by atoms with Gasteiger partial charge < -0.3 is 11.1 Å². The van der Waals surface area contributed by atoms with Gasteiger partial charge in [-0.2, -0.15) is 0 Å². The Kier molecular flexibility index (Phi) is 5.86. The topological polar surface area (TPSA) is 106 Å². The summed E-state index contributed by atoms with van der Waals surface area (Å²) in [5, 5.41) is 2.14. The second kappa shape index (κ2) is 7.54. The highest BCUT2D eigenvalue weighted by atomic mass is 32.2. The summed E-state index contributed by atoms with van der Waals surface area (Å²) >= 11 is 1.72. The number of hydrogen-bond donors (Lipinski definition) is 2. The van der Waals surface area contributed by atoms with E-state index in [4.69, 9.17) is 5.73 Å². The summed E-state index contributed by atoms with van der Waals surface area (Å²) in [6.07, 6.45) is 0. The van der Waals surface area contributed by atoms with Crippen LogP contribution < -0.4 is 11.1 Å². The summed E-state index contributed by atoms with van der Waals surface area (Å²) in [5.74, 6) is -1.43. The summed E-state index contributed by atoms with van der Waals surface area (Å²) in [7, 11) is -3.96. The fourth-order valence-electron chi connectivity index (χ4n) is 1.84. The third kappa shape index (κ3) is 4.59. The Morgan fingerprint density at radius 2 is 1.84 bits per heavy atom. The number of amides is 2. The highest BCUT2D eigenvalue weighted by Gasteiger charge is 2.25. The molecule has 25 heavy (non-hydrogen) atoms. The average Bonchev–Trinajstić information content (AvgIpc) is 2.91. The van der Waals surface area contributed by atoms with Gasteiger partial charge in [0.1, 0.15) is 15.0 Å². The van der Waals surface area contributed by atoms with Crippen molar-refractivity contribution in [3.05, 3.63) is 41.7 Å². The number of nitrogens with one attached hydrogen (secondary N) is 1. The van der Waals surface area contributed by atoms with Gasteiger partial charge in [0.15, 0.2) is 0 Å². The monoisotopic (exact) mass is 402 g/mol. The number of carbonyl (C=O) groups excluding carboxylic acids is 2. The molecule has 2 rings (SSSR count). The van der Waals surface area contributed by atoms with E-state index in [0.29, 0.717) is 0 Å². The zero-order chi connectivity index (χ0) is 18.8. The number of primary amides is 1. The van der Waals surface area contributed by atoms with Gasteiger partial charge in [-0.05, 0) is 30.3 Å². The lowest BCUT2D eigenvalue weighted by atomic mass is 10.3. The molecule has 1 aromatic carbocycles. The molecule has 6 nitrogen and oxygen atoms in total.